The van der Waals surface area contributed by atoms with Gasteiger partial charge in [-0.3, -0.25) is 0 Å². The van der Waals surface area contributed by atoms with Gasteiger partial charge in [-0.1, -0.05) is 25.0 Å². The number of hydrogen-bond donors (Lipinski definition) is 2. The number of guanidine groups is 1. The Morgan fingerprint density at radius 3 is 2.84 bits per heavy atom. The molecule has 1 saturated carbocycles. The Morgan fingerprint density at radius 1 is 1.32 bits per heavy atom. The number of nitrogens with zero attached hydrogens (tertiary/aromatic N) is 4. The molecule has 3 aromatic rings. The van der Waals surface area contributed by atoms with Gasteiger partial charge in [0.2, 0.25) is 0 Å². The minimum atomic E-state index is -0.0595. The highest BCUT2D eigenvalue weighted by Crippen LogP contribution is 2.31. The summed E-state index contributed by atoms with van der Waals surface area (Å²) in [4.78, 5) is 4.80. The quantitative estimate of drug-likeness (QED) is 0.440. The molecule has 0 bridgehead atoms. The van der Waals surface area contributed by atoms with E-state index in [1.54, 1.807) is 0 Å². The number of ether oxygens (including phenoxy) is 1. The van der Waals surface area contributed by atoms with E-state index in [2.05, 4.69) is 33.8 Å². The average Bonchev–Trinajstić information content (AvgIpc) is 3.49. The largest absolute Gasteiger partial charge is 0.490 e. The van der Waals surface area contributed by atoms with Crippen molar-refractivity contribution in [2.24, 2.45) is 12.0 Å². The first-order valence-electron chi connectivity index (χ1n) is 11.1. The maximum Gasteiger partial charge on any atom is 0.192 e. The van der Waals surface area contributed by atoms with Crippen molar-refractivity contribution in [3.8, 4) is 5.75 Å². The van der Waals surface area contributed by atoms with Crippen LogP contribution in [0.3, 0.4) is 0 Å². The average molecular weight is 425 g/mol. The molecule has 166 valence electrons. The normalized spacial score (nSPS) is 16.1. The Bertz CT molecular complexity index is 1050. The number of aliphatic imine (C=N–C) groups is 1. The molecule has 2 N–H and O–H groups in total. The van der Waals surface area contributed by atoms with Crippen LogP contribution in [0.2, 0.25) is 0 Å². The minimum Gasteiger partial charge on any atom is -0.490 e. The predicted octanol–water partition coefficient (Wildman–Crippen LogP) is 4.01. The molecular formula is C23H32N6O2. The van der Waals surface area contributed by atoms with Gasteiger partial charge in [0.1, 0.15) is 18.1 Å². The van der Waals surface area contributed by atoms with Crippen LogP contribution in [-0.4, -0.2) is 33.4 Å². The van der Waals surface area contributed by atoms with Crippen LogP contribution in [0.15, 0.2) is 33.7 Å². The number of aromatic nitrogens is 3. The molecule has 8 nitrogen and oxygen atoms in total. The topological polar surface area (TPSA) is 89.5 Å². The van der Waals surface area contributed by atoms with E-state index in [1.807, 2.05) is 43.7 Å². The molecule has 1 aliphatic carbocycles. The highest BCUT2D eigenvalue weighted by molar-refractivity contribution is 5.84. The molecule has 31 heavy (non-hydrogen) atoms. The summed E-state index contributed by atoms with van der Waals surface area (Å²) in [6.07, 6.45) is 4.85. The summed E-state index contributed by atoms with van der Waals surface area (Å²) in [5, 5.41) is 16.5. The maximum absolute atomic E-state index is 6.17. The number of benzene rings is 1. The van der Waals surface area contributed by atoms with E-state index in [4.69, 9.17) is 14.1 Å². The van der Waals surface area contributed by atoms with Gasteiger partial charge in [-0.15, -0.1) is 10.2 Å². The third kappa shape index (κ3) is 4.84. The zero-order chi connectivity index (χ0) is 21.8. The van der Waals surface area contributed by atoms with Crippen LogP contribution in [-0.2, 0) is 13.6 Å². The number of nitrogens with one attached hydrogen (secondary N) is 2. The van der Waals surface area contributed by atoms with Gasteiger partial charge in [0.15, 0.2) is 23.1 Å². The van der Waals surface area contributed by atoms with Crippen LogP contribution in [0.5, 0.6) is 5.75 Å². The molecule has 1 fully saturated rings. The van der Waals surface area contributed by atoms with Crippen molar-refractivity contribution in [1.82, 2.24) is 25.4 Å². The second kappa shape index (κ2) is 9.41. The van der Waals surface area contributed by atoms with Crippen molar-refractivity contribution in [1.29, 1.82) is 0 Å². The zero-order valence-corrected chi connectivity index (χ0v) is 18.8. The Hall–Kier alpha value is -3.03. The lowest BCUT2D eigenvalue weighted by Crippen LogP contribution is -2.43. The molecule has 0 radical (unpaired) electrons. The second-order valence-electron chi connectivity index (χ2n) is 8.14. The number of furan rings is 1. The first-order valence-corrected chi connectivity index (χ1v) is 11.1. The summed E-state index contributed by atoms with van der Waals surface area (Å²) in [6, 6.07) is 8.42. The van der Waals surface area contributed by atoms with Crippen LogP contribution < -0.4 is 15.4 Å². The molecule has 2 aromatic heterocycles. The van der Waals surface area contributed by atoms with E-state index < -0.39 is 0 Å². The first kappa shape index (κ1) is 21.2. The lowest BCUT2D eigenvalue weighted by atomic mass is 10.2. The Kier molecular flexibility index (Phi) is 6.44. The number of hydrogen-bond acceptors (Lipinski definition) is 5. The third-order valence-electron chi connectivity index (χ3n) is 5.86. The van der Waals surface area contributed by atoms with Gasteiger partial charge in [-0.05, 0) is 45.7 Å². The van der Waals surface area contributed by atoms with E-state index in [1.165, 1.54) is 25.7 Å². The smallest absolute Gasteiger partial charge is 0.192 e. The summed E-state index contributed by atoms with van der Waals surface area (Å²) < 4.78 is 13.9. The maximum atomic E-state index is 6.17. The van der Waals surface area contributed by atoms with E-state index in [-0.39, 0.29) is 6.04 Å². The standard InChI is InChI=1S/C23H32N6O2/c1-5-30-19-12-8-9-17-13-20(31-22(17)19)15(2)25-23(26-18-10-6-7-11-18)24-14-21-28-27-16(3)29(21)4/h8-9,12-13,15,18H,5-7,10-11,14H2,1-4H3,(H2,24,25,26). The number of aryl methyl sites for hydroxylation is 1. The molecule has 2 heterocycles. The van der Waals surface area contributed by atoms with Gasteiger partial charge in [-0.25, -0.2) is 4.99 Å². The van der Waals surface area contributed by atoms with E-state index in [0.29, 0.717) is 19.2 Å². The summed E-state index contributed by atoms with van der Waals surface area (Å²) in [7, 11) is 1.96. The second-order valence-corrected chi connectivity index (χ2v) is 8.14. The van der Waals surface area contributed by atoms with Crippen molar-refractivity contribution >= 4 is 16.9 Å². The van der Waals surface area contributed by atoms with Crippen LogP contribution in [0, 0.1) is 6.92 Å². The SMILES string of the molecule is CCOc1cccc2cc(C(C)NC(=NCc3nnc(C)n3C)NC3CCCC3)oc12. The van der Waals surface area contributed by atoms with Gasteiger partial charge < -0.3 is 24.4 Å². The summed E-state index contributed by atoms with van der Waals surface area (Å²) >= 11 is 0. The number of rotatable bonds is 7. The lowest BCUT2D eigenvalue weighted by Gasteiger charge is -2.20. The molecule has 1 atom stereocenters. The summed E-state index contributed by atoms with van der Waals surface area (Å²) in [5.74, 6) is 4.10. The fraction of sp³-hybridized carbons (Fsp3) is 0.522. The third-order valence-corrected chi connectivity index (χ3v) is 5.86. The molecule has 1 unspecified atom stereocenters. The van der Waals surface area contributed by atoms with Crippen molar-refractivity contribution in [3.63, 3.8) is 0 Å². The molecule has 0 spiro atoms. The van der Waals surface area contributed by atoms with E-state index in [0.717, 1.165) is 40.1 Å². The monoisotopic (exact) mass is 424 g/mol. The molecule has 0 aliphatic heterocycles. The van der Waals surface area contributed by atoms with Crippen LogP contribution in [0.4, 0.5) is 0 Å². The molecule has 0 saturated heterocycles. The van der Waals surface area contributed by atoms with E-state index >= 15 is 0 Å². The Morgan fingerprint density at radius 2 is 2.13 bits per heavy atom. The first-order chi connectivity index (χ1) is 15.0. The van der Waals surface area contributed by atoms with Crippen LogP contribution in [0.25, 0.3) is 11.0 Å². The molecular weight excluding hydrogens is 392 g/mol. The van der Waals surface area contributed by atoms with Gasteiger partial charge >= 0.3 is 0 Å². The Balaban J connectivity index is 1.53. The predicted molar refractivity (Wildman–Crippen MR) is 121 cm³/mol. The molecule has 8 heteroatoms. The molecule has 1 aliphatic rings. The van der Waals surface area contributed by atoms with Gasteiger partial charge in [0.05, 0.1) is 12.6 Å². The Labute approximate surface area is 183 Å². The number of para-hydroxylation sites is 1. The fourth-order valence-corrected chi connectivity index (χ4v) is 3.95. The van der Waals surface area contributed by atoms with Gasteiger partial charge in [0.25, 0.3) is 0 Å². The van der Waals surface area contributed by atoms with Gasteiger partial charge in [0, 0.05) is 18.5 Å². The fourth-order valence-electron chi connectivity index (χ4n) is 3.95. The van der Waals surface area contributed by atoms with Crippen molar-refractivity contribution < 1.29 is 9.15 Å². The summed E-state index contributed by atoms with van der Waals surface area (Å²) in [5.41, 5.74) is 0.782. The van der Waals surface area contributed by atoms with Crippen LogP contribution >= 0.6 is 0 Å². The van der Waals surface area contributed by atoms with Crippen LogP contribution in [0.1, 0.15) is 63.0 Å². The minimum absolute atomic E-state index is 0.0595. The summed E-state index contributed by atoms with van der Waals surface area (Å²) in [6.45, 7) is 7.06. The molecule has 1 aromatic carbocycles. The van der Waals surface area contributed by atoms with Gasteiger partial charge in [-0.2, -0.15) is 0 Å². The molecule has 4 rings (SSSR count). The lowest BCUT2D eigenvalue weighted by molar-refractivity contribution is 0.336. The van der Waals surface area contributed by atoms with Crippen molar-refractivity contribution in [2.75, 3.05) is 6.61 Å². The highest BCUT2D eigenvalue weighted by Gasteiger charge is 2.20. The molecule has 0 amide bonds. The van der Waals surface area contributed by atoms with Crippen molar-refractivity contribution in [3.05, 3.63) is 41.7 Å². The van der Waals surface area contributed by atoms with Crippen molar-refractivity contribution in [2.45, 2.75) is 65.1 Å². The number of fused-ring (bicyclic) bond motifs is 1. The van der Waals surface area contributed by atoms with E-state index in [9.17, 15) is 0 Å². The zero-order valence-electron chi connectivity index (χ0n) is 18.8. The highest BCUT2D eigenvalue weighted by atomic mass is 16.5.